The van der Waals surface area contributed by atoms with Gasteiger partial charge >= 0.3 is 5.97 Å². The summed E-state index contributed by atoms with van der Waals surface area (Å²) in [5.41, 5.74) is 21.2. The van der Waals surface area contributed by atoms with Crippen LogP contribution in [0.5, 0.6) is 0 Å². The third-order valence-corrected chi connectivity index (χ3v) is 19.2. The number of hydrogen-bond acceptors (Lipinski definition) is 5. The van der Waals surface area contributed by atoms with Gasteiger partial charge in [-0.25, -0.2) is 14.9 Å². The number of piperidine rings is 1. The number of carboxylic acid groups (broad SMARTS) is 1. The second-order valence-corrected chi connectivity index (χ2v) is 26.1. The van der Waals surface area contributed by atoms with Crippen LogP contribution in [0, 0.1) is 37.0 Å². The zero-order valence-electron chi connectivity index (χ0n) is 52.1. The largest absolute Gasteiger partial charge is 0.481 e. The van der Waals surface area contributed by atoms with E-state index < -0.39 is 22.2 Å². The molecule has 0 radical (unpaired) electrons. The molecule has 1 saturated carbocycles. The van der Waals surface area contributed by atoms with Gasteiger partial charge in [0.15, 0.2) is 0 Å². The van der Waals surface area contributed by atoms with Crippen LogP contribution in [0.3, 0.4) is 0 Å². The van der Waals surface area contributed by atoms with Crippen molar-refractivity contribution in [3.63, 3.8) is 0 Å². The number of allylic oxidation sites excluding steroid dienone is 4. The average Bonchev–Trinajstić information content (AvgIpc) is 1.45. The molecule has 1 aliphatic carbocycles. The van der Waals surface area contributed by atoms with E-state index in [9.17, 15) is 19.5 Å². The Labute approximate surface area is 490 Å². The number of benzene rings is 2. The van der Waals surface area contributed by atoms with E-state index >= 15 is 0 Å². The summed E-state index contributed by atoms with van der Waals surface area (Å²) < 4.78 is 0. The first-order valence-corrected chi connectivity index (χ1v) is 31.8. The minimum atomic E-state index is -1.18. The zero-order chi connectivity index (χ0) is 58.7. The van der Waals surface area contributed by atoms with Crippen molar-refractivity contribution in [1.29, 1.82) is 0 Å². The molecule has 3 N–H and O–H groups in total. The summed E-state index contributed by atoms with van der Waals surface area (Å²) in [6.45, 7) is 25.9. The Morgan fingerprint density at radius 3 is 1.32 bits per heavy atom. The minimum absolute atomic E-state index is 0.178. The molecule has 9 heteroatoms. The summed E-state index contributed by atoms with van der Waals surface area (Å²) in [5, 5.41) is 10.4. The lowest BCUT2D eigenvalue weighted by molar-refractivity contribution is -0.167. The molecule has 5 aromatic rings. The van der Waals surface area contributed by atoms with Gasteiger partial charge in [0.25, 0.3) is 0 Å². The molecular formula is C73H95N5O4. The number of H-pyrrole nitrogens is 2. The predicted octanol–water partition coefficient (Wildman–Crippen LogP) is 19.8. The highest BCUT2D eigenvalue weighted by molar-refractivity contribution is 6.21. The lowest BCUT2D eigenvalue weighted by Crippen LogP contribution is -2.64. The highest BCUT2D eigenvalue weighted by atomic mass is 16.4. The van der Waals surface area contributed by atoms with Crippen LogP contribution in [-0.2, 0) is 27.2 Å². The first-order chi connectivity index (χ1) is 39.3. The number of aryl methyl sites for hydroxylation is 5. The van der Waals surface area contributed by atoms with Gasteiger partial charge in [-0.05, 0) is 192 Å². The quantitative estimate of drug-likeness (QED) is 0.0416. The van der Waals surface area contributed by atoms with Crippen molar-refractivity contribution in [2.45, 2.75) is 231 Å². The van der Waals surface area contributed by atoms with Crippen molar-refractivity contribution in [1.82, 2.24) is 19.9 Å². The second kappa shape index (κ2) is 25.2. The number of carbonyl (C=O) groups is 3. The van der Waals surface area contributed by atoms with E-state index in [2.05, 4.69) is 121 Å². The SMILES string of the molecule is CCCCCCC1=C(C)c2nc1cc1[nH]c(c(C)c1CCCCCC)c(-c1ccc(N3C(=O)[C@@]4(C)CC(C)(C(=O)O)C[C@](C)(C4)C3=O)cc1)c1[nH]c(cc3nc(c2-c2ccc(C)cc2)C(C)=C3CCCCCC)c(CCCCCC)c1C. The number of aromatic nitrogens is 4. The zero-order valence-corrected chi connectivity index (χ0v) is 52.1. The molecule has 9 rings (SSSR count). The molecule has 6 heterocycles. The Morgan fingerprint density at radius 1 is 0.524 bits per heavy atom. The van der Waals surface area contributed by atoms with Crippen molar-refractivity contribution in [3.05, 3.63) is 111 Å². The van der Waals surface area contributed by atoms with E-state index in [1.165, 1.54) is 106 Å². The number of unbranched alkanes of at least 4 members (excludes halogenated alkanes) is 12. The summed E-state index contributed by atoms with van der Waals surface area (Å²) in [7, 11) is 0. The first kappa shape index (κ1) is 60.2. The molecule has 82 heavy (non-hydrogen) atoms. The number of amides is 2. The normalized spacial score (nSPS) is 20.0. The van der Waals surface area contributed by atoms with Crippen LogP contribution in [-0.4, -0.2) is 42.8 Å². The number of fused-ring (bicyclic) bond motifs is 10. The summed E-state index contributed by atoms with van der Waals surface area (Å²) in [4.78, 5) is 63.5. The maximum absolute atomic E-state index is 14.7. The van der Waals surface area contributed by atoms with E-state index in [-0.39, 0.29) is 24.7 Å². The number of carbonyl (C=O) groups excluding carboxylic acids is 2. The number of imide groups is 1. The van der Waals surface area contributed by atoms with Gasteiger partial charge in [-0.15, -0.1) is 0 Å². The molecule has 1 saturated heterocycles. The molecule has 4 aliphatic rings. The molecule has 436 valence electrons. The molecule has 3 aliphatic heterocycles. The molecule has 1 unspecified atom stereocenters. The number of nitrogens with zero attached hydrogens (tertiary/aromatic N) is 3. The Morgan fingerprint density at radius 2 is 0.915 bits per heavy atom. The van der Waals surface area contributed by atoms with E-state index in [0.717, 1.165) is 144 Å². The summed E-state index contributed by atoms with van der Waals surface area (Å²) in [5.74, 6) is -1.62. The van der Waals surface area contributed by atoms with E-state index in [0.29, 0.717) is 12.1 Å². The fourth-order valence-electron chi connectivity index (χ4n) is 14.9. The molecule has 2 fully saturated rings. The van der Waals surface area contributed by atoms with Crippen LogP contribution < -0.4 is 4.90 Å². The third-order valence-electron chi connectivity index (χ3n) is 19.2. The van der Waals surface area contributed by atoms with Crippen molar-refractivity contribution in [2.75, 3.05) is 4.90 Å². The number of aromatic amines is 2. The molecule has 2 aromatic carbocycles. The smallest absolute Gasteiger partial charge is 0.309 e. The molecule has 2 amide bonds. The van der Waals surface area contributed by atoms with Gasteiger partial charge < -0.3 is 15.1 Å². The number of hydrogen-bond donors (Lipinski definition) is 3. The average molecular weight is 1110 g/mol. The molecule has 10 bridgehead atoms. The van der Waals surface area contributed by atoms with E-state index in [1.807, 2.05) is 26.0 Å². The fourth-order valence-corrected chi connectivity index (χ4v) is 14.9. The van der Waals surface area contributed by atoms with Crippen LogP contribution in [0.2, 0.25) is 0 Å². The molecule has 3 atom stereocenters. The fraction of sp³-hybridized carbons (Fsp3) is 0.521. The summed E-state index contributed by atoms with van der Waals surface area (Å²) in [6.07, 6.45) is 22.8. The lowest BCUT2D eigenvalue weighted by atomic mass is 9.52. The number of carboxylic acids is 1. The van der Waals surface area contributed by atoms with Crippen LogP contribution in [0.4, 0.5) is 5.69 Å². The van der Waals surface area contributed by atoms with Crippen LogP contribution >= 0.6 is 0 Å². The van der Waals surface area contributed by atoms with Gasteiger partial charge in [-0.1, -0.05) is 161 Å². The molecule has 0 spiro atoms. The van der Waals surface area contributed by atoms with Gasteiger partial charge in [0.05, 0.1) is 44.9 Å². The Kier molecular flexibility index (Phi) is 18.5. The Bertz CT molecular complexity index is 3290. The number of aliphatic carboxylic acids is 1. The molecule has 9 nitrogen and oxygen atoms in total. The lowest BCUT2D eigenvalue weighted by Gasteiger charge is -2.55. The monoisotopic (exact) mass is 1110 g/mol. The van der Waals surface area contributed by atoms with E-state index in [4.69, 9.17) is 9.97 Å². The first-order valence-electron chi connectivity index (χ1n) is 31.8. The topological polar surface area (TPSA) is 132 Å². The summed E-state index contributed by atoms with van der Waals surface area (Å²) >= 11 is 0. The molecule has 3 aromatic heterocycles. The second-order valence-electron chi connectivity index (χ2n) is 26.1. The van der Waals surface area contributed by atoms with Crippen LogP contribution in [0.25, 0.3) is 66.6 Å². The van der Waals surface area contributed by atoms with Gasteiger partial charge in [0.1, 0.15) is 0 Å². The van der Waals surface area contributed by atoms with Crippen molar-refractivity contribution in [2.24, 2.45) is 16.2 Å². The van der Waals surface area contributed by atoms with Gasteiger partial charge in [0.2, 0.25) is 11.8 Å². The highest BCUT2D eigenvalue weighted by Crippen LogP contribution is 2.59. The van der Waals surface area contributed by atoms with E-state index in [1.54, 1.807) is 6.92 Å². The van der Waals surface area contributed by atoms with Crippen molar-refractivity contribution < 1.29 is 19.5 Å². The standard InChI is InChI=1S/C73H95N5O4/c1-13-17-21-25-29-54-47(6)64-62(51-35-33-46(5)34-36-51)65-48(7)55(30-26-22-18-14-2)59(75-65)42-61-57(32-28-24-20-16-4)50(9)67(77-61)63(66-49(8)56(31-27-23-19-15-3)60(76-66)41-58(54)74-64)52-37-39-53(40-38-52)78-68(79)71(10)43-72(11,69(78)80)45-73(12,44-71)70(81)82/h33-42,76-77H,13-32,43-45H2,1-12H3,(H,81,82)/t71-,72+,73?. The molecular weight excluding hydrogens is 1010 g/mol. The summed E-state index contributed by atoms with van der Waals surface area (Å²) in [6, 6.07) is 21.8. The van der Waals surface area contributed by atoms with Gasteiger partial charge in [-0.2, -0.15) is 0 Å². The minimum Gasteiger partial charge on any atom is -0.481 e. The Balaban J connectivity index is 1.38. The number of rotatable bonds is 24. The maximum atomic E-state index is 14.7. The van der Waals surface area contributed by atoms with Crippen LogP contribution in [0.1, 0.15) is 248 Å². The van der Waals surface area contributed by atoms with Crippen LogP contribution in [0.15, 0.2) is 60.7 Å². The van der Waals surface area contributed by atoms with Crippen molar-refractivity contribution in [3.8, 4) is 22.3 Å². The number of anilines is 1. The van der Waals surface area contributed by atoms with Crippen molar-refractivity contribution >= 4 is 67.8 Å². The third kappa shape index (κ3) is 11.8. The maximum Gasteiger partial charge on any atom is 0.309 e. The highest BCUT2D eigenvalue weighted by Gasteiger charge is 2.63. The Hall–Kier alpha value is -6.35. The predicted molar refractivity (Wildman–Crippen MR) is 343 cm³/mol. The van der Waals surface area contributed by atoms with Gasteiger partial charge in [-0.3, -0.25) is 14.4 Å². The van der Waals surface area contributed by atoms with Gasteiger partial charge in [0, 0.05) is 33.0 Å². The number of nitrogens with one attached hydrogen (secondary N) is 2.